The van der Waals surface area contributed by atoms with Crippen molar-refractivity contribution in [3.05, 3.63) is 53.6 Å². The van der Waals surface area contributed by atoms with Crippen LogP contribution >= 0.6 is 22.9 Å². The van der Waals surface area contributed by atoms with Gasteiger partial charge in [0.2, 0.25) is 0 Å². The van der Waals surface area contributed by atoms with Crippen LogP contribution in [0.25, 0.3) is 16.3 Å². The Bertz CT molecular complexity index is 888. The van der Waals surface area contributed by atoms with E-state index in [0.717, 1.165) is 16.4 Å². The fraction of sp³-hybridized carbons (Fsp3) is 0.118. The molecular formula is C17H14N2O4S2. The maximum Gasteiger partial charge on any atom is 0.341 e. The van der Waals surface area contributed by atoms with Crippen LogP contribution in [0.15, 0.2) is 48.0 Å². The second kappa shape index (κ2) is 7.91. The normalized spacial score (nSPS) is 11.2. The number of carbonyl (C=O) groups excluding carboxylic acids is 1. The largest absolute Gasteiger partial charge is 0.503 e. The number of methoxy groups -OCH3 is 2. The summed E-state index contributed by atoms with van der Waals surface area (Å²) in [6.07, 6.45) is 1.32. The summed E-state index contributed by atoms with van der Waals surface area (Å²) in [6, 6.07) is 11.0. The van der Waals surface area contributed by atoms with Crippen molar-refractivity contribution >= 4 is 34.4 Å². The maximum absolute atomic E-state index is 12.0. The van der Waals surface area contributed by atoms with Gasteiger partial charge in [-0.15, -0.1) is 11.3 Å². The molecule has 1 aromatic carbocycles. The molecule has 128 valence electrons. The lowest BCUT2D eigenvalue weighted by atomic mass is 10.1. The summed E-state index contributed by atoms with van der Waals surface area (Å²) < 4.78 is 20.0. The number of esters is 1. The molecule has 0 bridgehead atoms. The summed E-state index contributed by atoms with van der Waals surface area (Å²) in [7, 11) is 2.78. The molecule has 0 saturated heterocycles. The van der Waals surface area contributed by atoms with Gasteiger partial charge in [0.25, 0.3) is 5.19 Å². The average molecular weight is 374 g/mol. The minimum Gasteiger partial charge on any atom is -0.503 e. The number of ether oxygens (including phenoxy) is 3. The van der Waals surface area contributed by atoms with Gasteiger partial charge >= 0.3 is 5.97 Å². The molecule has 3 aromatic rings. The van der Waals surface area contributed by atoms with Gasteiger partial charge < -0.3 is 14.2 Å². The lowest BCUT2D eigenvalue weighted by Gasteiger charge is -2.10. The van der Waals surface area contributed by atoms with Crippen molar-refractivity contribution in [3.63, 3.8) is 0 Å². The highest BCUT2D eigenvalue weighted by molar-refractivity contribution is 7.13. The van der Waals surface area contributed by atoms with Gasteiger partial charge in [-0.3, -0.25) is 0 Å². The predicted octanol–water partition coefficient (Wildman–Crippen LogP) is 4.22. The van der Waals surface area contributed by atoms with Crippen molar-refractivity contribution in [1.82, 2.24) is 9.36 Å². The number of carbonyl (C=O) groups is 1. The lowest BCUT2D eigenvalue weighted by molar-refractivity contribution is -0.133. The molecule has 0 spiro atoms. The zero-order valence-corrected chi connectivity index (χ0v) is 15.1. The Morgan fingerprint density at radius 3 is 2.72 bits per heavy atom. The van der Waals surface area contributed by atoms with Gasteiger partial charge in [-0.05, 0) is 17.5 Å². The first-order valence-corrected chi connectivity index (χ1v) is 8.84. The number of benzene rings is 1. The third kappa shape index (κ3) is 3.86. The monoisotopic (exact) mass is 374 g/mol. The molecule has 8 heteroatoms. The van der Waals surface area contributed by atoms with Crippen molar-refractivity contribution in [2.75, 3.05) is 14.2 Å². The minimum atomic E-state index is -0.519. The smallest absolute Gasteiger partial charge is 0.341 e. The number of hydrogen-bond acceptors (Lipinski definition) is 8. The Kier molecular flexibility index (Phi) is 5.42. The first-order valence-electron chi connectivity index (χ1n) is 7.19. The fourth-order valence-corrected chi connectivity index (χ4v) is 3.35. The van der Waals surface area contributed by atoms with Crippen molar-refractivity contribution < 1.29 is 19.0 Å². The summed E-state index contributed by atoms with van der Waals surface area (Å²) in [4.78, 5) is 17.4. The van der Waals surface area contributed by atoms with E-state index < -0.39 is 5.97 Å². The molecular weight excluding hydrogens is 360 g/mol. The molecule has 3 rings (SSSR count). The third-order valence-corrected chi connectivity index (χ3v) is 4.63. The van der Waals surface area contributed by atoms with Crippen LogP contribution in [-0.2, 0) is 14.3 Å². The second-order valence-electron chi connectivity index (χ2n) is 4.72. The number of rotatable bonds is 6. The van der Waals surface area contributed by atoms with Crippen LogP contribution in [0, 0.1) is 0 Å². The van der Waals surface area contributed by atoms with Gasteiger partial charge in [-0.2, -0.15) is 9.36 Å². The summed E-state index contributed by atoms with van der Waals surface area (Å²) in [5, 5.41) is 2.35. The molecule has 25 heavy (non-hydrogen) atoms. The molecule has 2 aromatic heterocycles. The van der Waals surface area contributed by atoms with Gasteiger partial charge in [-0.1, -0.05) is 24.3 Å². The summed E-state index contributed by atoms with van der Waals surface area (Å²) in [5.41, 5.74) is 0.799. The predicted molar refractivity (Wildman–Crippen MR) is 96.7 cm³/mol. The van der Waals surface area contributed by atoms with E-state index in [0.29, 0.717) is 22.3 Å². The standard InChI is InChI=1S/C17H14N2O4S2/c1-21-10-12(16(20)22-2)11-6-3-4-7-13(11)23-17-18-15(19-25-17)14-8-5-9-24-14/h3-10H,1-2H3. The molecule has 0 saturated carbocycles. The van der Waals surface area contributed by atoms with Crippen molar-refractivity contribution in [2.24, 2.45) is 0 Å². The van der Waals surface area contributed by atoms with E-state index in [-0.39, 0.29) is 5.57 Å². The first-order chi connectivity index (χ1) is 12.2. The van der Waals surface area contributed by atoms with Crippen molar-refractivity contribution in [2.45, 2.75) is 0 Å². The highest BCUT2D eigenvalue weighted by Crippen LogP contribution is 2.33. The Hall–Kier alpha value is -2.71. The molecule has 0 unspecified atom stereocenters. The first kappa shape index (κ1) is 17.1. The highest BCUT2D eigenvalue weighted by atomic mass is 32.1. The molecule has 0 aliphatic rings. The van der Waals surface area contributed by atoms with Crippen molar-refractivity contribution in [1.29, 1.82) is 0 Å². The zero-order chi connectivity index (χ0) is 17.6. The molecule has 2 heterocycles. The quantitative estimate of drug-likeness (QED) is 0.365. The summed E-state index contributed by atoms with van der Waals surface area (Å²) in [6.45, 7) is 0. The third-order valence-electron chi connectivity index (χ3n) is 3.16. The molecule has 0 fully saturated rings. The molecule has 0 atom stereocenters. The van der Waals surface area contributed by atoms with Gasteiger partial charge in [0.05, 0.1) is 25.4 Å². The summed E-state index contributed by atoms with van der Waals surface area (Å²) >= 11 is 2.70. The minimum absolute atomic E-state index is 0.253. The van der Waals surface area contributed by atoms with E-state index in [1.54, 1.807) is 29.5 Å². The number of thiophene rings is 1. The van der Waals surface area contributed by atoms with Crippen LogP contribution in [0.5, 0.6) is 10.9 Å². The van der Waals surface area contributed by atoms with E-state index in [4.69, 9.17) is 14.2 Å². The van der Waals surface area contributed by atoms with E-state index in [2.05, 4.69) is 9.36 Å². The van der Waals surface area contributed by atoms with Crippen LogP contribution in [0.4, 0.5) is 0 Å². The number of nitrogens with zero attached hydrogens (tertiary/aromatic N) is 2. The Morgan fingerprint density at radius 1 is 1.16 bits per heavy atom. The molecule has 0 amide bonds. The van der Waals surface area contributed by atoms with Gasteiger partial charge in [-0.25, -0.2) is 4.79 Å². The van der Waals surface area contributed by atoms with Gasteiger partial charge in [0, 0.05) is 17.1 Å². The Morgan fingerprint density at radius 2 is 2.00 bits per heavy atom. The molecule has 0 radical (unpaired) electrons. The fourth-order valence-electron chi connectivity index (χ4n) is 2.08. The van der Waals surface area contributed by atoms with Gasteiger partial charge in [0.15, 0.2) is 5.82 Å². The Balaban J connectivity index is 1.91. The number of para-hydroxylation sites is 1. The lowest BCUT2D eigenvalue weighted by Crippen LogP contribution is -2.05. The van der Waals surface area contributed by atoms with E-state index >= 15 is 0 Å². The summed E-state index contributed by atoms with van der Waals surface area (Å²) in [5.74, 6) is 0.563. The van der Waals surface area contributed by atoms with E-state index in [9.17, 15) is 4.79 Å². The van der Waals surface area contributed by atoms with Crippen LogP contribution in [0.3, 0.4) is 0 Å². The van der Waals surface area contributed by atoms with E-state index in [1.165, 1.54) is 20.5 Å². The average Bonchev–Trinajstić information content (AvgIpc) is 3.31. The molecule has 0 aliphatic heterocycles. The maximum atomic E-state index is 12.0. The van der Waals surface area contributed by atoms with Crippen LogP contribution in [0.1, 0.15) is 5.56 Å². The molecule has 0 N–H and O–H groups in total. The van der Waals surface area contributed by atoms with Crippen LogP contribution < -0.4 is 4.74 Å². The Labute approximate surface area is 152 Å². The topological polar surface area (TPSA) is 70.5 Å². The van der Waals surface area contributed by atoms with Crippen molar-refractivity contribution in [3.8, 4) is 21.6 Å². The van der Waals surface area contributed by atoms with Crippen LogP contribution in [0.2, 0.25) is 0 Å². The van der Waals surface area contributed by atoms with E-state index in [1.807, 2.05) is 23.6 Å². The second-order valence-corrected chi connectivity index (χ2v) is 6.38. The molecule has 6 nitrogen and oxygen atoms in total. The van der Waals surface area contributed by atoms with Gasteiger partial charge in [0.1, 0.15) is 11.3 Å². The van der Waals surface area contributed by atoms with Crippen LogP contribution in [-0.4, -0.2) is 29.5 Å². The highest BCUT2D eigenvalue weighted by Gasteiger charge is 2.19. The number of aromatic nitrogens is 2. The zero-order valence-electron chi connectivity index (χ0n) is 13.5. The number of hydrogen-bond donors (Lipinski definition) is 0. The SMILES string of the molecule is COC=C(C(=O)OC)c1ccccc1Oc1nc(-c2cccs2)ns1. The molecule has 0 aliphatic carbocycles.